The van der Waals surface area contributed by atoms with Gasteiger partial charge in [0, 0.05) is 17.7 Å². The van der Waals surface area contributed by atoms with Gasteiger partial charge in [-0.2, -0.15) is 0 Å². The monoisotopic (exact) mass is 364 g/mol. The Kier molecular flexibility index (Phi) is 5.89. The third kappa shape index (κ3) is 4.79. The van der Waals surface area contributed by atoms with E-state index >= 15 is 0 Å². The summed E-state index contributed by atoms with van der Waals surface area (Å²) in [5, 5.41) is 21.8. The number of non-ortho nitro benzene ring substituents is 1. The molecule has 1 fully saturated rings. The first-order chi connectivity index (χ1) is 12.3. The van der Waals surface area contributed by atoms with Gasteiger partial charge >= 0.3 is 12.1 Å². The Balaban J connectivity index is 1.82. The van der Waals surface area contributed by atoms with E-state index in [1.807, 2.05) is 0 Å². The van der Waals surface area contributed by atoms with E-state index in [-0.39, 0.29) is 30.9 Å². The summed E-state index contributed by atoms with van der Waals surface area (Å²) in [6, 6.07) is 4.88. The minimum atomic E-state index is -1.05. The summed E-state index contributed by atoms with van der Waals surface area (Å²) in [5.74, 6) is -1.44. The lowest BCUT2D eigenvalue weighted by Crippen LogP contribution is -2.53. The lowest BCUT2D eigenvalue weighted by Gasteiger charge is -2.31. The number of benzene rings is 1. The van der Waals surface area contributed by atoms with Crippen molar-refractivity contribution in [2.75, 3.05) is 6.61 Å². The van der Waals surface area contributed by atoms with E-state index < -0.39 is 29.0 Å². The van der Waals surface area contributed by atoms with Gasteiger partial charge in [0.2, 0.25) is 5.91 Å². The molecule has 0 unspecified atom stereocenters. The molecule has 1 atom stereocenters. The number of amides is 1. The molecule has 1 amide bonds. The van der Waals surface area contributed by atoms with Gasteiger partial charge < -0.3 is 19.9 Å². The molecule has 0 saturated carbocycles. The van der Waals surface area contributed by atoms with Crippen LogP contribution >= 0.6 is 0 Å². The first-order valence-corrected chi connectivity index (χ1v) is 7.53. The highest BCUT2D eigenvalue weighted by Gasteiger charge is 2.35. The number of β-lactam (4-membered cyclic amide) rings is 1. The van der Waals surface area contributed by atoms with Crippen LogP contribution < -0.4 is 5.32 Å². The number of nitrogens with zero attached hydrogens (tertiary/aromatic N) is 1. The van der Waals surface area contributed by atoms with Crippen molar-refractivity contribution in [3.8, 4) is 0 Å². The first-order valence-electron chi connectivity index (χ1n) is 7.53. The normalized spacial score (nSPS) is 17.6. The van der Waals surface area contributed by atoms with E-state index in [1.54, 1.807) is 6.92 Å². The third-order valence-electron chi connectivity index (χ3n) is 3.65. The third-order valence-corrected chi connectivity index (χ3v) is 3.65. The number of carbonyl (C=O) groups excluding carboxylic acids is 2. The lowest BCUT2D eigenvalue weighted by molar-refractivity contribution is -0.384. The molecular formula is C16H16N2O8. The number of nitro groups is 1. The van der Waals surface area contributed by atoms with Gasteiger partial charge in [-0.3, -0.25) is 19.7 Å². The fourth-order valence-corrected chi connectivity index (χ4v) is 2.35. The number of hydrogen-bond donors (Lipinski definition) is 2. The zero-order valence-electron chi connectivity index (χ0n) is 13.8. The number of carboxylic acids is 1. The standard InChI is InChI=1S/C16H16N2O8/c1-9(14-12(6-13(19)20)17-15(14)21)7-25-16(22)26-8-10-2-4-11(5-3-10)18(23)24/h2-5,12H,6-8H2,1H3,(H,17,21)(H,19,20)/t12-/m1/s1. The van der Waals surface area contributed by atoms with Crippen molar-refractivity contribution in [2.45, 2.75) is 26.0 Å². The summed E-state index contributed by atoms with van der Waals surface area (Å²) in [6.45, 7) is 1.22. The van der Waals surface area contributed by atoms with Crippen LogP contribution in [-0.4, -0.2) is 40.7 Å². The van der Waals surface area contributed by atoms with Crippen LogP contribution in [0, 0.1) is 10.1 Å². The lowest BCUT2D eigenvalue weighted by atomic mass is 9.91. The van der Waals surface area contributed by atoms with Crippen molar-refractivity contribution in [3.05, 3.63) is 51.1 Å². The van der Waals surface area contributed by atoms with Gasteiger partial charge in [0.1, 0.15) is 13.2 Å². The summed E-state index contributed by atoms with van der Waals surface area (Å²) in [6.07, 6.45) is -1.22. The van der Waals surface area contributed by atoms with Crippen LogP contribution in [0.4, 0.5) is 10.5 Å². The summed E-state index contributed by atoms with van der Waals surface area (Å²) in [5.41, 5.74) is 1.19. The fourth-order valence-electron chi connectivity index (χ4n) is 2.35. The molecule has 10 heteroatoms. The van der Waals surface area contributed by atoms with Crippen LogP contribution in [0.25, 0.3) is 0 Å². The predicted molar refractivity (Wildman–Crippen MR) is 86.1 cm³/mol. The van der Waals surface area contributed by atoms with Gasteiger partial charge in [0.15, 0.2) is 0 Å². The SMILES string of the molecule is CC(COC(=O)OCc1ccc([N+](=O)[O-])cc1)=C1C(=O)N[C@@H]1CC(=O)O. The predicted octanol–water partition coefficient (Wildman–Crippen LogP) is 1.54. The second-order valence-corrected chi connectivity index (χ2v) is 5.57. The zero-order chi connectivity index (χ0) is 19.3. The maximum atomic E-state index is 11.6. The summed E-state index contributed by atoms with van der Waals surface area (Å²) in [4.78, 5) is 43.8. The van der Waals surface area contributed by atoms with Gasteiger partial charge in [0.05, 0.1) is 17.4 Å². The highest BCUT2D eigenvalue weighted by molar-refractivity contribution is 6.03. The largest absolute Gasteiger partial charge is 0.508 e. The summed E-state index contributed by atoms with van der Waals surface area (Å²) < 4.78 is 9.77. The van der Waals surface area contributed by atoms with E-state index in [0.29, 0.717) is 11.1 Å². The Morgan fingerprint density at radius 3 is 2.46 bits per heavy atom. The van der Waals surface area contributed by atoms with Gasteiger partial charge in [0.25, 0.3) is 5.69 Å². The maximum absolute atomic E-state index is 11.6. The van der Waals surface area contributed by atoms with Crippen molar-refractivity contribution in [3.63, 3.8) is 0 Å². The molecule has 1 aromatic rings. The molecule has 10 nitrogen and oxygen atoms in total. The van der Waals surface area contributed by atoms with Gasteiger partial charge in [-0.05, 0) is 30.2 Å². The molecule has 1 saturated heterocycles. The minimum absolute atomic E-state index is 0.0757. The number of ether oxygens (including phenoxy) is 2. The maximum Gasteiger partial charge on any atom is 0.508 e. The number of rotatable bonds is 7. The van der Waals surface area contributed by atoms with E-state index in [2.05, 4.69) is 5.32 Å². The molecule has 138 valence electrons. The van der Waals surface area contributed by atoms with Crippen LogP contribution in [0.15, 0.2) is 35.4 Å². The van der Waals surface area contributed by atoms with Gasteiger partial charge in [-0.15, -0.1) is 0 Å². The van der Waals surface area contributed by atoms with Crippen LogP contribution in [0.1, 0.15) is 18.9 Å². The molecule has 1 aromatic carbocycles. The average molecular weight is 364 g/mol. The summed E-state index contributed by atoms with van der Waals surface area (Å²) in [7, 11) is 0. The molecule has 2 N–H and O–H groups in total. The molecular weight excluding hydrogens is 348 g/mol. The Labute approximate surface area is 147 Å². The van der Waals surface area contributed by atoms with E-state index in [9.17, 15) is 24.5 Å². The van der Waals surface area contributed by atoms with E-state index in [4.69, 9.17) is 14.6 Å². The van der Waals surface area contributed by atoms with Gasteiger partial charge in [-0.1, -0.05) is 0 Å². The molecule has 0 spiro atoms. The van der Waals surface area contributed by atoms with Crippen LogP contribution in [0.5, 0.6) is 0 Å². The molecule has 0 bridgehead atoms. The molecule has 2 rings (SSSR count). The average Bonchev–Trinajstić information content (AvgIpc) is 2.57. The van der Waals surface area contributed by atoms with Crippen LogP contribution in [0.2, 0.25) is 0 Å². The smallest absolute Gasteiger partial charge is 0.481 e. The highest BCUT2D eigenvalue weighted by atomic mass is 16.7. The molecule has 0 aliphatic carbocycles. The summed E-state index contributed by atoms with van der Waals surface area (Å²) >= 11 is 0. The molecule has 0 aromatic heterocycles. The number of carboxylic acid groups (broad SMARTS) is 1. The molecule has 1 heterocycles. The number of aliphatic carboxylic acids is 1. The number of carbonyl (C=O) groups is 3. The first kappa shape index (κ1) is 18.9. The van der Waals surface area contributed by atoms with Crippen molar-refractivity contribution < 1.29 is 33.9 Å². The number of nitro benzene ring substituents is 1. The Morgan fingerprint density at radius 2 is 1.92 bits per heavy atom. The Hall–Kier alpha value is -3.43. The zero-order valence-corrected chi connectivity index (χ0v) is 13.8. The number of hydrogen-bond acceptors (Lipinski definition) is 7. The van der Waals surface area contributed by atoms with E-state index in [1.165, 1.54) is 24.3 Å². The molecule has 26 heavy (non-hydrogen) atoms. The molecule has 1 aliphatic rings. The topological polar surface area (TPSA) is 145 Å². The second-order valence-electron chi connectivity index (χ2n) is 5.57. The van der Waals surface area contributed by atoms with Crippen LogP contribution in [-0.2, 0) is 25.7 Å². The molecule has 0 radical (unpaired) electrons. The highest BCUT2D eigenvalue weighted by Crippen LogP contribution is 2.21. The Morgan fingerprint density at radius 1 is 1.27 bits per heavy atom. The van der Waals surface area contributed by atoms with Crippen molar-refractivity contribution in [1.29, 1.82) is 0 Å². The second kappa shape index (κ2) is 8.10. The van der Waals surface area contributed by atoms with Crippen molar-refractivity contribution in [2.24, 2.45) is 0 Å². The van der Waals surface area contributed by atoms with Crippen molar-refractivity contribution in [1.82, 2.24) is 5.32 Å². The van der Waals surface area contributed by atoms with Gasteiger partial charge in [-0.25, -0.2) is 4.79 Å². The van der Waals surface area contributed by atoms with Crippen molar-refractivity contribution >= 4 is 23.7 Å². The molecule has 1 aliphatic heterocycles. The van der Waals surface area contributed by atoms with E-state index in [0.717, 1.165) is 0 Å². The van der Waals surface area contributed by atoms with Crippen LogP contribution in [0.3, 0.4) is 0 Å². The number of nitrogens with one attached hydrogen (secondary N) is 1. The fraction of sp³-hybridized carbons (Fsp3) is 0.312. The quantitative estimate of drug-likeness (QED) is 0.244. The Bertz CT molecular complexity index is 769. The minimum Gasteiger partial charge on any atom is -0.481 e.